The van der Waals surface area contributed by atoms with Crippen LogP contribution >= 0.6 is 0 Å². The minimum atomic E-state index is -4.50. The number of rotatable bonds is 1. The zero-order chi connectivity index (χ0) is 10.9. The maximum atomic E-state index is 12.4. The SMILES string of the molecule is CC(=O)C1=CCC(N)C=C1C(F)(F)F. The maximum Gasteiger partial charge on any atom is 0.416 e. The minimum absolute atomic E-state index is 0.272. The van der Waals surface area contributed by atoms with Crippen LogP contribution in [0.2, 0.25) is 0 Å². The van der Waals surface area contributed by atoms with Gasteiger partial charge in [0, 0.05) is 11.6 Å². The van der Waals surface area contributed by atoms with Gasteiger partial charge in [0.05, 0.1) is 5.57 Å². The number of alkyl halides is 3. The quantitative estimate of drug-likeness (QED) is 0.708. The van der Waals surface area contributed by atoms with Gasteiger partial charge in [-0.3, -0.25) is 4.79 Å². The summed E-state index contributed by atoms with van der Waals surface area (Å²) in [6.07, 6.45) is -2.09. The Morgan fingerprint density at radius 2 is 2.14 bits per heavy atom. The second-order valence-corrected chi connectivity index (χ2v) is 3.15. The van der Waals surface area contributed by atoms with Crippen molar-refractivity contribution < 1.29 is 18.0 Å². The smallest absolute Gasteiger partial charge is 0.324 e. The average Bonchev–Trinajstić information content (AvgIpc) is 2.01. The summed E-state index contributed by atoms with van der Waals surface area (Å²) in [5.41, 5.74) is 4.16. The normalized spacial score (nSPS) is 22.8. The van der Waals surface area contributed by atoms with Gasteiger partial charge < -0.3 is 5.73 Å². The van der Waals surface area contributed by atoms with Crippen LogP contribution in [0.4, 0.5) is 13.2 Å². The molecule has 5 heteroatoms. The van der Waals surface area contributed by atoms with E-state index >= 15 is 0 Å². The Kier molecular flexibility index (Phi) is 2.80. The second kappa shape index (κ2) is 3.57. The third kappa shape index (κ3) is 2.23. The van der Waals surface area contributed by atoms with E-state index in [4.69, 9.17) is 5.73 Å². The first kappa shape index (κ1) is 11.0. The summed E-state index contributed by atoms with van der Waals surface area (Å²) in [6, 6.07) is -0.658. The number of nitrogens with two attached hydrogens (primary N) is 1. The van der Waals surface area contributed by atoms with Crippen LogP contribution in [0.15, 0.2) is 23.3 Å². The van der Waals surface area contributed by atoms with Crippen molar-refractivity contribution in [3.05, 3.63) is 23.3 Å². The summed E-state index contributed by atoms with van der Waals surface area (Å²) in [4.78, 5) is 10.9. The van der Waals surface area contributed by atoms with E-state index in [2.05, 4.69) is 0 Å². The fourth-order valence-electron chi connectivity index (χ4n) is 1.32. The van der Waals surface area contributed by atoms with Crippen LogP contribution in [0.25, 0.3) is 0 Å². The summed E-state index contributed by atoms with van der Waals surface area (Å²) in [5.74, 6) is -0.583. The molecular weight excluding hydrogens is 195 g/mol. The highest BCUT2D eigenvalue weighted by atomic mass is 19.4. The third-order valence-corrected chi connectivity index (χ3v) is 1.95. The van der Waals surface area contributed by atoms with Gasteiger partial charge in [-0.2, -0.15) is 13.2 Å². The van der Waals surface area contributed by atoms with Crippen molar-refractivity contribution >= 4 is 5.78 Å². The van der Waals surface area contributed by atoms with Gasteiger partial charge in [0.15, 0.2) is 5.78 Å². The molecule has 0 aromatic carbocycles. The summed E-state index contributed by atoms with van der Waals surface area (Å²) in [6.45, 7) is 1.11. The Morgan fingerprint density at radius 1 is 1.57 bits per heavy atom. The lowest BCUT2D eigenvalue weighted by Crippen LogP contribution is -2.27. The van der Waals surface area contributed by atoms with Crippen molar-refractivity contribution in [2.45, 2.75) is 25.6 Å². The molecule has 2 nitrogen and oxygen atoms in total. The number of carbonyl (C=O) groups is 1. The summed E-state index contributed by atoms with van der Waals surface area (Å²) < 4.78 is 37.2. The molecule has 0 heterocycles. The number of halogens is 3. The maximum absolute atomic E-state index is 12.4. The Labute approximate surface area is 79.3 Å². The Hall–Kier alpha value is -1.10. The lowest BCUT2D eigenvalue weighted by Gasteiger charge is -2.19. The van der Waals surface area contributed by atoms with Crippen LogP contribution in [0.5, 0.6) is 0 Å². The number of Topliss-reactive ketones (excluding diaryl/α,β-unsaturated/α-hetero) is 1. The first-order valence-corrected chi connectivity index (χ1v) is 4.08. The standard InChI is InChI=1S/C9H10F3NO/c1-5(14)7-3-2-6(13)4-8(7)9(10,11)12/h3-4,6H,2,13H2,1H3. The second-order valence-electron chi connectivity index (χ2n) is 3.15. The molecule has 78 valence electrons. The summed E-state index contributed by atoms with van der Waals surface area (Å²) in [5, 5.41) is 0. The van der Waals surface area contributed by atoms with E-state index in [0.29, 0.717) is 0 Å². The predicted octanol–water partition coefficient (Wildman–Crippen LogP) is 1.72. The van der Waals surface area contributed by atoms with E-state index in [9.17, 15) is 18.0 Å². The van der Waals surface area contributed by atoms with Gasteiger partial charge in [-0.1, -0.05) is 12.2 Å². The van der Waals surface area contributed by atoms with Gasteiger partial charge in [-0.25, -0.2) is 0 Å². The van der Waals surface area contributed by atoms with Crippen LogP contribution in [0.3, 0.4) is 0 Å². The average molecular weight is 205 g/mol. The van der Waals surface area contributed by atoms with Crippen molar-refractivity contribution in [2.75, 3.05) is 0 Å². The molecule has 0 aliphatic heterocycles. The molecule has 1 atom stereocenters. The van der Waals surface area contributed by atoms with Gasteiger partial charge >= 0.3 is 6.18 Å². The van der Waals surface area contributed by atoms with Crippen molar-refractivity contribution in [1.29, 1.82) is 0 Å². The molecule has 1 aliphatic rings. The molecule has 0 aromatic heterocycles. The van der Waals surface area contributed by atoms with E-state index in [1.54, 1.807) is 0 Å². The number of carbonyl (C=O) groups excluding carboxylic acids is 1. The molecule has 1 unspecified atom stereocenters. The van der Waals surface area contributed by atoms with Gasteiger partial charge in [-0.15, -0.1) is 0 Å². The number of allylic oxidation sites excluding steroid dienone is 2. The van der Waals surface area contributed by atoms with E-state index in [1.807, 2.05) is 0 Å². The molecular formula is C9H10F3NO. The number of hydrogen-bond donors (Lipinski definition) is 1. The predicted molar refractivity (Wildman–Crippen MR) is 45.5 cm³/mol. The molecule has 0 spiro atoms. The molecule has 1 rings (SSSR count). The van der Waals surface area contributed by atoms with Crippen molar-refractivity contribution in [2.24, 2.45) is 5.73 Å². The summed E-state index contributed by atoms with van der Waals surface area (Å²) in [7, 11) is 0. The van der Waals surface area contributed by atoms with E-state index in [1.165, 1.54) is 6.08 Å². The molecule has 1 aliphatic carbocycles. The van der Waals surface area contributed by atoms with E-state index in [-0.39, 0.29) is 12.0 Å². The lowest BCUT2D eigenvalue weighted by atomic mass is 9.92. The van der Waals surface area contributed by atoms with Gasteiger partial charge in [0.1, 0.15) is 0 Å². The molecule has 0 bridgehead atoms. The molecule has 0 fully saturated rings. The van der Waals surface area contributed by atoms with Gasteiger partial charge in [-0.05, 0) is 13.3 Å². The fourth-order valence-corrected chi connectivity index (χ4v) is 1.32. The lowest BCUT2D eigenvalue weighted by molar-refractivity contribution is -0.116. The van der Waals surface area contributed by atoms with Gasteiger partial charge in [0.2, 0.25) is 0 Å². The van der Waals surface area contributed by atoms with Crippen molar-refractivity contribution in [1.82, 2.24) is 0 Å². The largest absolute Gasteiger partial charge is 0.416 e. The van der Waals surface area contributed by atoms with Crippen LogP contribution in [-0.4, -0.2) is 18.0 Å². The first-order valence-electron chi connectivity index (χ1n) is 4.08. The minimum Gasteiger partial charge on any atom is -0.324 e. The highest BCUT2D eigenvalue weighted by molar-refractivity contribution is 5.98. The van der Waals surface area contributed by atoms with Crippen molar-refractivity contribution in [3.63, 3.8) is 0 Å². The third-order valence-electron chi connectivity index (χ3n) is 1.95. The number of ketones is 1. The van der Waals surface area contributed by atoms with Crippen LogP contribution in [0.1, 0.15) is 13.3 Å². The summed E-state index contributed by atoms with van der Waals surface area (Å²) >= 11 is 0. The van der Waals surface area contributed by atoms with Crippen LogP contribution in [-0.2, 0) is 4.79 Å². The molecule has 2 N–H and O–H groups in total. The Bertz CT molecular complexity index is 315. The van der Waals surface area contributed by atoms with Crippen molar-refractivity contribution in [3.8, 4) is 0 Å². The van der Waals surface area contributed by atoms with Crippen LogP contribution in [0, 0.1) is 0 Å². The zero-order valence-electron chi connectivity index (χ0n) is 7.56. The fraction of sp³-hybridized carbons (Fsp3) is 0.444. The van der Waals surface area contributed by atoms with Crippen LogP contribution < -0.4 is 5.73 Å². The molecule has 14 heavy (non-hydrogen) atoms. The van der Waals surface area contributed by atoms with Gasteiger partial charge in [0.25, 0.3) is 0 Å². The highest BCUT2D eigenvalue weighted by Gasteiger charge is 2.38. The molecule has 0 saturated heterocycles. The highest BCUT2D eigenvalue weighted by Crippen LogP contribution is 2.34. The Morgan fingerprint density at radius 3 is 2.57 bits per heavy atom. The number of hydrogen-bond acceptors (Lipinski definition) is 2. The Balaban J connectivity index is 3.09. The topological polar surface area (TPSA) is 43.1 Å². The first-order chi connectivity index (χ1) is 6.32. The molecule has 0 aromatic rings. The van der Waals surface area contributed by atoms with E-state index in [0.717, 1.165) is 13.0 Å². The molecule has 0 saturated carbocycles. The molecule has 0 amide bonds. The monoisotopic (exact) mass is 205 g/mol. The molecule has 0 radical (unpaired) electrons. The van der Waals surface area contributed by atoms with E-state index < -0.39 is 23.6 Å². The zero-order valence-corrected chi connectivity index (χ0v) is 7.56.